The molecule has 0 saturated heterocycles. The lowest BCUT2D eigenvalue weighted by molar-refractivity contribution is -0.126. The number of benzene rings is 3. The molecule has 1 atom stereocenters. The van der Waals surface area contributed by atoms with Crippen molar-refractivity contribution >= 4 is 28.5 Å². The maximum absolute atomic E-state index is 14.5. The van der Waals surface area contributed by atoms with Crippen LogP contribution in [0.15, 0.2) is 75.9 Å². The summed E-state index contributed by atoms with van der Waals surface area (Å²) >= 11 is 0. The Kier molecular flexibility index (Phi) is 5.30. The molecule has 0 bridgehead atoms. The Morgan fingerprint density at radius 1 is 0.865 bits per heavy atom. The van der Waals surface area contributed by atoms with Crippen LogP contribution in [0.3, 0.4) is 0 Å². The van der Waals surface area contributed by atoms with Crippen LogP contribution in [0.4, 0.5) is 5.69 Å². The summed E-state index contributed by atoms with van der Waals surface area (Å²) in [6, 6.07) is 20.9. The molecule has 4 aromatic rings. The van der Waals surface area contributed by atoms with Gasteiger partial charge in [0.1, 0.15) is 5.58 Å². The van der Waals surface area contributed by atoms with Gasteiger partial charge >= 0.3 is 0 Å². The van der Waals surface area contributed by atoms with Crippen LogP contribution in [0.25, 0.3) is 11.0 Å². The van der Waals surface area contributed by atoms with Crippen LogP contribution in [-0.4, -0.2) is 29.8 Å². The van der Waals surface area contributed by atoms with Crippen LogP contribution >= 0.6 is 0 Å². The van der Waals surface area contributed by atoms with Crippen LogP contribution in [0.1, 0.15) is 51.7 Å². The van der Waals surface area contributed by atoms with E-state index in [1.165, 1.54) is 0 Å². The number of anilines is 1. The van der Waals surface area contributed by atoms with Gasteiger partial charge in [0, 0.05) is 18.7 Å². The van der Waals surface area contributed by atoms with Crippen LogP contribution < -0.4 is 10.3 Å². The minimum atomic E-state index is -1.56. The molecular weight excluding hydrogens is 464 g/mol. The number of hydrogen-bond donors (Lipinski definition) is 0. The van der Waals surface area contributed by atoms with Gasteiger partial charge in [-0.1, -0.05) is 55.5 Å². The third-order valence-corrected chi connectivity index (χ3v) is 7.77. The molecule has 0 fully saturated rings. The van der Waals surface area contributed by atoms with Crippen molar-refractivity contribution in [1.82, 2.24) is 4.90 Å². The van der Waals surface area contributed by atoms with E-state index in [4.69, 9.17) is 4.42 Å². The van der Waals surface area contributed by atoms with Gasteiger partial charge in [0.15, 0.2) is 11.0 Å². The van der Waals surface area contributed by atoms with Gasteiger partial charge in [0.05, 0.1) is 16.6 Å². The lowest BCUT2D eigenvalue weighted by Gasteiger charge is -2.34. The zero-order chi connectivity index (χ0) is 25.9. The van der Waals surface area contributed by atoms with Crippen molar-refractivity contribution in [2.24, 2.45) is 0 Å². The summed E-state index contributed by atoms with van der Waals surface area (Å²) in [7, 11) is 0. The van der Waals surface area contributed by atoms with Crippen LogP contribution in [-0.2, 0) is 16.8 Å². The highest BCUT2D eigenvalue weighted by atomic mass is 16.3. The van der Waals surface area contributed by atoms with Gasteiger partial charge in [-0.15, -0.1) is 0 Å². The highest BCUT2D eigenvalue weighted by Gasteiger charge is 2.64. The fraction of sp³-hybridized carbons (Fsp3) is 0.258. The van der Waals surface area contributed by atoms with Crippen LogP contribution in [0, 0.1) is 13.8 Å². The summed E-state index contributed by atoms with van der Waals surface area (Å²) in [5, 5.41) is 0.387. The van der Waals surface area contributed by atoms with Crippen molar-refractivity contribution in [3.63, 3.8) is 0 Å². The number of aryl methyl sites for hydroxylation is 2. The van der Waals surface area contributed by atoms with Crippen molar-refractivity contribution in [2.75, 3.05) is 18.0 Å². The first-order valence-electron chi connectivity index (χ1n) is 12.8. The van der Waals surface area contributed by atoms with E-state index in [1.54, 1.807) is 21.9 Å². The molecular formula is C31H28N2O4. The topological polar surface area (TPSA) is 70.8 Å². The molecule has 0 saturated carbocycles. The van der Waals surface area contributed by atoms with E-state index in [1.807, 2.05) is 75.4 Å². The van der Waals surface area contributed by atoms with Gasteiger partial charge < -0.3 is 14.2 Å². The number of carbonyl (C=O) groups is 2. The number of para-hydroxylation sites is 1. The highest BCUT2D eigenvalue weighted by molar-refractivity contribution is 6.17. The van der Waals surface area contributed by atoms with E-state index >= 15 is 0 Å². The predicted molar refractivity (Wildman–Crippen MR) is 143 cm³/mol. The van der Waals surface area contributed by atoms with Crippen molar-refractivity contribution in [3.05, 3.63) is 111 Å². The molecule has 2 amide bonds. The lowest BCUT2D eigenvalue weighted by atomic mass is 9.83. The smallest absolute Gasteiger partial charge is 0.291 e. The van der Waals surface area contributed by atoms with E-state index in [0.29, 0.717) is 29.5 Å². The molecule has 0 radical (unpaired) electrons. The van der Waals surface area contributed by atoms with E-state index in [-0.39, 0.29) is 29.2 Å². The average Bonchev–Trinajstić information content (AvgIpc) is 3.29. The van der Waals surface area contributed by atoms with Gasteiger partial charge in [-0.3, -0.25) is 14.4 Å². The summed E-state index contributed by atoms with van der Waals surface area (Å²) in [6.07, 6.45) is 1.28. The predicted octanol–water partition coefficient (Wildman–Crippen LogP) is 5.11. The Morgan fingerprint density at radius 2 is 1.57 bits per heavy atom. The first kappa shape index (κ1) is 23.2. The Balaban J connectivity index is 1.65. The van der Waals surface area contributed by atoms with Crippen molar-refractivity contribution in [3.8, 4) is 0 Å². The number of nitrogens with zero attached hydrogens (tertiary/aromatic N) is 2. The van der Waals surface area contributed by atoms with E-state index in [2.05, 4.69) is 0 Å². The number of fused-ring (bicyclic) bond motifs is 5. The lowest BCUT2D eigenvalue weighted by Crippen LogP contribution is -2.54. The molecule has 2 aliphatic rings. The second kappa shape index (κ2) is 8.44. The quantitative estimate of drug-likeness (QED) is 0.388. The van der Waals surface area contributed by atoms with Gasteiger partial charge in [-0.05, 0) is 61.6 Å². The Labute approximate surface area is 215 Å². The Morgan fingerprint density at radius 3 is 2.32 bits per heavy atom. The maximum Gasteiger partial charge on any atom is 0.291 e. The first-order valence-corrected chi connectivity index (χ1v) is 12.8. The van der Waals surface area contributed by atoms with Crippen LogP contribution in [0.5, 0.6) is 0 Å². The van der Waals surface area contributed by atoms with E-state index in [0.717, 1.165) is 28.8 Å². The third kappa shape index (κ3) is 3.14. The molecule has 2 aliphatic heterocycles. The number of amides is 2. The highest BCUT2D eigenvalue weighted by Crippen LogP contribution is 2.52. The fourth-order valence-corrected chi connectivity index (χ4v) is 5.88. The Hall–Kier alpha value is -4.19. The Bertz CT molecular complexity index is 1640. The molecule has 186 valence electrons. The first-order chi connectivity index (χ1) is 17.9. The molecule has 0 aliphatic carbocycles. The van der Waals surface area contributed by atoms with Gasteiger partial charge in [0.25, 0.3) is 11.8 Å². The average molecular weight is 493 g/mol. The minimum absolute atomic E-state index is 0.0321. The molecule has 6 nitrogen and oxygen atoms in total. The molecule has 3 heterocycles. The summed E-state index contributed by atoms with van der Waals surface area (Å²) in [5.74, 6) is -0.730. The fourth-order valence-electron chi connectivity index (χ4n) is 5.88. The zero-order valence-electron chi connectivity index (χ0n) is 21.2. The minimum Gasteiger partial charge on any atom is -0.450 e. The number of rotatable bonds is 5. The maximum atomic E-state index is 14.5. The van der Waals surface area contributed by atoms with E-state index in [9.17, 15) is 14.4 Å². The van der Waals surface area contributed by atoms with Crippen LogP contribution in [0.2, 0.25) is 0 Å². The molecule has 0 N–H and O–H groups in total. The molecule has 6 rings (SSSR count). The van der Waals surface area contributed by atoms with Crippen molar-refractivity contribution < 1.29 is 14.0 Å². The monoisotopic (exact) mass is 492 g/mol. The van der Waals surface area contributed by atoms with E-state index < -0.39 is 11.4 Å². The molecule has 1 spiro atoms. The summed E-state index contributed by atoms with van der Waals surface area (Å²) in [5.41, 5.74) is 2.97. The van der Waals surface area contributed by atoms with Crippen molar-refractivity contribution in [2.45, 2.75) is 39.2 Å². The molecule has 1 aromatic heterocycles. The standard InChI is InChI=1S/C31H28N2O4/c1-4-15-32-24-13-9-8-12-23(24)31(30(32)36)26-27(34)22-17-19(2)20(3)18-25(22)37-28(26)29(35)33(31)16-14-21-10-6-5-7-11-21/h5-13,17-18H,4,14-16H2,1-3H3/t31-/m0/s1. The second-order valence-corrected chi connectivity index (χ2v) is 9.94. The number of hydrogen-bond acceptors (Lipinski definition) is 4. The van der Waals surface area contributed by atoms with Gasteiger partial charge in [-0.25, -0.2) is 0 Å². The van der Waals surface area contributed by atoms with Gasteiger partial charge in [-0.2, -0.15) is 0 Å². The summed E-state index contributed by atoms with van der Waals surface area (Å²) in [4.78, 5) is 46.1. The number of carbonyl (C=O) groups excluding carboxylic acids is 2. The molecule has 6 heteroatoms. The third-order valence-electron chi connectivity index (χ3n) is 7.77. The normalized spacial score (nSPS) is 18.2. The molecule has 0 unspecified atom stereocenters. The molecule has 3 aromatic carbocycles. The summed E-state index contributed by atoms with van der Waals surface area (Å²) < 4.78 is 6.20. The summed E-state index contributed by atoms with van der Waals surface area (Å²) in [6.45, 7) is 6.64. The second-order valence-electron chi connectivity index (χ2n) is 9.94. The molecule has 37 heavy (non-hydrogen) atoms. The SMILES string of the molecule is CCCN1C(=O)[C@]2(c3ccccc31)c1c(oc3cc(C)c(C)cc3c1=O)C(=O)N2CCc1ccccc1. The largest absolute Gasteiger partial charge is 0.450 e. The van der Waals surface area contributed by atoms with Crippen molar-refractivity contribution in [1.29, 1.82) is 0 Å². The zero-order valence-corrected chi connectivity index (χ0v) is 21.2. The van der Waals surface area contributed by atoms with Gasteiger partial charge in [0.2, 0.25) is 5.76 Å².